The van der Waals surface area contributed by atoms with Gasteiger partial charge in [0.15, 0.2) is 11.6 Å². The summed E-state index contributed by atoms with van der Waals surface area (Å²) in [5, 5.41) is 21.3. The molecule has 0 aliphatic heterocycles. The van der Waals surface area contributed by atoms with Gasteiger partial charge in [0.25, 0.3) is 0 Å². The van der Waals surface area contributed by atoms with Crippen LogP contribution in [-0.4, -0.2) is 33.2 Å². The molecule has 1 aliphatic carbocycles. The van der Waals surface area contributed by atoms with E-state index in [9.17, 15) is 9.59 Å². The minimum absolute atomic E-state index is 0.326. The molecule has 0 saturated heterocycles. The average molecular weight is 312 g/mol. The number of nitrogens with zero attached hydrogens (tertiary/aromatic N) is 4. The number of hydrogen-bond donors (Lipinski definition) is 2. The second kappa shape index (κ2) is 6.91. The molecule has 0 spiro atoms. The topological polar surface area (TPSA) is 110 Å². The molecule has 0 radical (unpaired) electrons. The van der Waals surface area contributed by atoms with E-state index in [2.05, 4.69) is 31.0 Å². The maximum absolute atomic E-state index is 10.4. The lowest BCUT2D eigenvalue weighted by Gasteiger charge is -2.10. The zero-order valence-electron chi connectivity index (χ0n) is 12.3. The number of nitrogens with one attached hydrogen (secondary N) is 2. The SMILES string of the molecule is O=CNc1ccc(C2CC[C@@H](c3ccc(NC=O)nn3)C2)nn1. The summed E-state index contributed by atoms with van der Waals surface area (Å²) in [5.41, 5.74) is 1.85. The van der Waals surface area contributed by atoms with Gasteiger partial charge in [-0.1, -0.05) is 0 Å². The highest BCUT2D eigenvalue weighted by molar-refractivity contribution is 5.68. The minimum atomic E-state index is 0.326. The van der Waals surface area contributed by atoms with Gasteiger partial charge in [-0.15, -0.1) is 10.2 Å². The van der Waals surface area contributed by atoms with Gasteiger partial charge < -0.3 is 10.6 Å². The fourth-order valence-corrected chi connectivity index (χ4v) is 2.91. The van der Waals surface area contributed by atoms with E-state index in [1.807, 2.05) is 12.1 Å². The van der Waals surface area contributed by atoms with Crippen molar-refractivity contribution in [1.82, 2.24) is 20.4 Å². The molecule has 2 aromatic rings. The van der Waals surface area contributed by atoms with Crippen LogP contribution in [0.5, 0.6) is 0 Å². The highest BCUT2D eigenvalue weighted by Crippen LogP contribution is 2.42. The normalized spacial score (nSPS) is 20.0. The molecule has 23 heavy (non-hydrogen) atoms. The Labute approximate surface area is 132 Å². The van der Waals surface area contributed by atoms with Crippen LogP contribution in [0.4, 0.5) is 11.6 Å². The Morgan fingerprint density at radius 2 is 1.26 bits per heavy atom. The molecule has 2 heterocycles. The summed E-state index contributed by atoms with van der Waals surface area (Å²) in [6.45, 7) is 0. The number of amides is 2. The van der Waals surface area contributed by atoms with Gasteiger partial charge in [0.2, 0.25) is 12.8 Å². The molecule has 1 saturated carbocycles. The van der Waals surface area contributed by atoms with Crippen LogP contribution in [-0.2, 0) is 9.59 Å². The van der Waals surface area contributed by atoms with Gasteiger partial charge in [-0.05, 0) is 43.5 Å². The maximum Gasteiger partial charge on any atom is 0.212 e. The first kappa shape index (κ1) is 15.0. The quantitative estimate of drug-likeness (QED) is 0.781. The number of hydrogen-bond acceptors (Lipinski definition) is 6. The van der Waals surface area contributed by atoms with Crippen LogP contribution in [0, 0.1) is 0 Å². The standard InChI is InChI=1S/C15H16N6O2/c22-8-16-14-5-3-12(18-20-14)10-1-2-11(7-10)13-4-6-15(17-9-23)21-19-13/h3-6,8-11H,1-2,7H2,(H,16,20,22)(H,17,21,23)/t10-,11?/m1/s1. The van der Waals surface area contributed by atoms with E-state index < -0.39 is 0 Å². The van der Waals surface area contributed by atoms with Crippen molar-refractivity contribution >= 4 is 24.5 Å². The zero-order chi connectivity index (χ0) is 16.1. The fraction of sp³-hybridized carbons (Fsp3) is 0.333. The maximum atomic E-state index is 10.4. The summed E-state index contributed by atoms with van der Waals surface area (Å²) in [7, 11) is 0. The smallest absolute Gasteiger partial charge is 0.212 e. The van der Waals surface area contributed by atoms with Crippen LogP contribution in [0.25, 0.3) is 0 Å². The Hall–Kier alpha value is -2.90. The Morgan fingerprint density at radius 3 is 1.61 bits per heavy atom. The third kappa shape index (κ3) is 3.47. The Bertz CT molecular complexity index is 614. The molecule has 2 aromatic heterocycles. The second-order valence-corrected chi connectivity index (χ2v) is 5.42. The molecule has 0 bridgehead atoms. The van der Waals surface area contributed by atoms with Crippen molar-refractivity contribution in [2.75, 3.05) is 10.6 Å². The van der Waals surface area contributed by atoms with E-state index in [1.54, 1.807) is 12.1 Å². The van der Waals surface area contributed by atoms with Crippen molar-refractivity contribution in [2.24, 2.45) is 0 Å². The van der Waals surface area contributed by atoms with E-state index in [-0.39, 0.29) is 0 Å². The predicted octanol–water partition coefficient (Wildman–Crippen LogP) is 1.45. The number of carbonyl (C=O) groups excluding carboxylic acids is 2. The van der Waals surface area contributed by atoms with Crippen molar-refractivity contribution in [2.45, 2.75) is 31.1 Å². The van der Waals surface area contributed by atoms with Gasteiger partial charge in [0, 0.05) is 11.8 Å². The number of rotatable bonds is 6. The summed E-state index contributed by atoms with van der Waals surface area (Å²) in [4.78, 5) is 20.7. The first-order chi connectivity index (χ1) is 11.3. The monoisotopic (exact) mass is 312 g/mol. The highest BCUT2D eigenvalue weighted by atomic mass is 16.1. The van der Waals surface area contributed by atoms with Gasteiger partial charge in [0.1, 0.15) is 0 Å². The average Bonchev–Trinajstić information content (AvgIpc) is 3.07. The second-order valence-electron chi connectivity index (χ2n) is 5.42. The molecule has 0 aromatic carbocycles. The molecular weight excluding hydrogens is 296 g/mol. The third-order valence-electron chi connectivity index (χ3n) is 4.05. The Balaban J connectivity index is 1.65. The van der Waals surface area contributed by atoms with Crippen molar-refractivity contribution in [3.05, 3.63) is 35.7 Å². The predicted molar refractivity (Wildman–Crippen MR) is 82.8 cm³/mol. The van der Waals surface area contributed by atoms with Gasteiger partial charge >= 0.3 is 0 Å². The Morgan fingerprint density at radius 1 is 0.783 bits per heavy atom. The number of anilines is 2. The van der Waals surface area contributed by atoms with Crippen LogP contribution in [0.2, 0.25) is 0 Å². The summed E-state index contributed by atoms with van der Waals surface area (Å²) in [5.74, 6) is 1.55. The summed E-state index contributed by atoms with van der Waals surface area (Å²) in [6.07, 6.45) is 4.12. The van der Waals surface area contributed by atoms with Crippen LogP contribution < -0.4 is 10.6 Å². The first-order valence-electron chi connectivity index (χ1n) is 7.37. The third-order valence-corrected chi connectivity index (χ3v) is 4.05. The number of carbonyl (C=O) groups is 2. The fourth-order valence-electron chi connectivity index (χ4n) is 2.91. The van der Waals surface area contributed by atoms with E-state index in [4.69, 9.17) is 0 Å². The lowest BCUT2D eigenvalue weighted by molar-refractivity contribution is -0.106. The summed E-state index contributed by atoms with van der Waals surface area (Å²) in [6, 6.07) is 7.30. The van der Waals surface area contributed by atoms with E-state index >= 15 is 0 Å². The molecule has 2 atom stereocenters. The summed E-state index contributed by atoms with van der Waals surface area (Å²) < 4.78 is 0. The van der Waals surface area contributed by atoms with Crippen LogP contribution in [0.1, 0.15) is 42.5 Å². The number of aromatic nitrogens is 4. The molecular formula is C15H16N6O2. The lowest BCUT2D eigenvalue weighted by Crippen LogP contribution is -2.05. The van der Waals surface area contributed by atoms with Gasteiger partial charge in [-0.25, -0.2) is 0 Å². The van der Waals surface area contributed by atoms with E-state index in [0.717, 1.165) is 30.7 Å². The van der Waals surface area contributed by atoms with Crippen LogP contribution >= 0.6 is 0 Å². The van der Waals surface area contributed by atoms with Gasteiger partial charge in [-0.3, -0.25) is 9.59 Å². The van der Waals surface area contributed by atoms with Gasteiger partial charge in [0.05, 0.1) is 11.4 Å². The molecule has 118 valence electrons. The van der Waals surface area contributed by atoms with Crippen molar-refractivity contribution in [3.63, 3.8) is 0 Å². The highest BCUT2D eigenvalue weighted by Gasteiger charge is 2.29. The van der Waals surface area contributed by atoms with Gasteiger partial charge in [-0.2, -0.15) is 10.2 Å². The molecule has 8 heteroatoms. The minimum Gasteiger partial charge on any atom is -0.312 e. The van der Waals surface area contributed by atoms with Crippen molar-refractivity contribution in [3.8, 4) is 0 Å². The Kier molecular flexibility index (Phi) is 4.51. The van der Waals surface area contributed by atoms with Crippen molar-refractivity contribution in [1.29, 1.82) is 0 Å². The van der Waals surface area contributed by atoms with Crippen molar-refractivity contribution < 1.29 is 9.59 Å². The largest absolute Gasteiger partial charge is 0.312 e. The molecule has 1 aliphatic rings. The van der Waals surface area contributed by atoms with E-state index in [0.29, 0.717) is 36.3 Å². The molecule has 1 fully saturated rings. The molecule has 8 nitrogen and oxygen atoms in total. The zero-order valence-corrected chi connectivity index (χ0v) is 12.3. The first-order valence-corrected chi connectivity index (χ1v) is 7.37. The summed E-state index contributed by atoms with van der Waals surface area (Å²) >= 11 is 0. The molecule has 1 unspecified atom stereocenters. The van der Waals surface area contributed by atoms with E-state index in [1.165, 1.54) is 0 Å². The molecule has 3 rings (SSSR count). The van der Waals surface area contributed by atoms with Crippen LogP contribution in [0.3, 0.4) is 0 Å². The molecule has 2 N–H and O–H groups in total. The molecule has 2 amide bonds. The lowest BCUT2D eigenvalue weighted by atomic mass is 9.99. The van der Waals surface area contributed by atoms with Crippen LogP contribution in [0.15, 0.2) is 24.3 Å².